The van der Waals surface area contributed by atoms with Crippen LogP contribution in [0.3, 0.4) is 0 Å². The lowest BCUT2D eigenvalue weighted by Gasteiger charge is -2.26. The summed E-state index contributed by atoms with van der Waals surface area (Å²) in [5, 5.41) is 61.4. The van der Waals surface area contributed by atoms with Gasteiger partial charge in [0.2, 0.25) is 0 Å². The Hall–Kier alpha value is -3.70. The molecule has 0 aliphatic carbocycles. The molecule has 37 heavy (non-hydrogen) atoms. The molecule has 0 heterocycles. The molecular formula is C27H32O10. The molecule has 0 amide bonds. The van der Waals surface area contributed by atoms with Gasteiger partial charge in [-0.2, -0.15) is 0 Å². The first-order valence-corrected chi connectivity index (χ1v) is 11.4. The van der Waals surface area contributed by atoms with Crippen molar-refractivity contribution >= 4 is 0 Å². The maximum Gasteiger partial charge on any atom is 0.161 e. The number of aliphatic hydroxyl groups is 4. The average Bonchev–Trinajstić information content (AvgIpc) is 2.92. The maximum atomic E-state index is 11.0. The van der Waals surface area contributed by atoms with Crippen molar-refractivity contribution in [1.82, 2.24) is 0 Å². The van der Waals surface area contributed by atoms with Gasteiger partial charge in [0.05, 0.1) is 40.6 Å². The third-order valence-corrected chi connectivity index (χ3v) is 6.09. The van der Waals surface area contributed by atoms with Gasteiger partial charge >= 0.3 is 0 Å². The van der Waals surface area contributed by atoms with Crippen LogP contribution < -0.4 is 18.9 Å². The Kier molecular flexibility index (Phi) is 9.42. The fourth-order valence-corrected chi connectivity index (χ4v) is 3.97. The van der Waals surface area contributed by atoms with Gasteiger partial charge in [-0.05, 0) is 53.1 Å². The smallest absolute Gasteiger partial charge is 0.161 e. The summed E-state index contributed by atoms with van der Waals surface area (Å²) in [7, 11) is 4.19. The zero-order chi connectivity index (χ0) is 27.1. The quantitative estimate of drug-likeness (QED) is 0.211. The van der Waals surface area contributed by atoms with Crippen LogP contribution in [-0.4, -0.2) is 71.3 Å². The fraction of sp³-hybridized carbons (Fsp3) is 0.333. The molecule has 3 rings (SSSR count). The Morgan fingerprint density at radius 1 is 0.595 bits per heavy atom. The number of benzene rings is 3. The van der Waals surface area contributed by atoms with Gasteiger partial charge < -0.3 is 49.6 Å². The predicted molar refractivity (Wildman–Crippen MR) is 134 cm³/mol. The largest absolute Gasteiger partial charge is 0.504 e. The third kappa shape index (κ3) is 6.17. The van der Waals surface area contributed by atoms with E-state index in [9.17, 15) is 30.6 Å². The van der Waals surface area contributed by atoms with E-state index >= 15 is 0 Å². The molecule has 0 fully saturated rings. The monoisotopic (exact) mass is 516 g/mol. The van der Waals surface area contributed by atoms with Crippen LogP contribution >= 0.6 is 0 Å². The molecule has 3 aromatic rings. The van der Waals surface area contributed by atoms with Crippen molar-refractivity contribution in [2.24, 2.45) is 0 Å². The van der Waals surface area contributed by atoms with Gasteiger partial charge in [0.25, 0.3) is 0 Å². The van der Waals surface area contributed by atoms with Crippen LogP contribution in [0.2, 0.25) is 0 Å². The first kappa shape index (κ1) is 27.9. The van der Waals surface area contributed by atoms with E-state index in [1.165, 1.54) is 57.7 Å². The molecule has 0 saturated carbocycles. The van der Waals surface area contributed by atoms with E-state index in [1.54, 1.807) is 18.2 Å². The molecular weight excluding hydrogens is 484 g/mol. The Labute approximate surface area is 214 Å². The standard InChI is InChI=1S/C27H32O10/c1-34-22-10-15(4-7-19(22)30)18(13-28)26(32)16-6-9-21(24(12-16)36-3)37-25(14-29)27(33)17-5-8-20(31)23(11-17)35-2/h4-12,18,25-33H,13-14H2,1-3H3/t18-,25+,26-,27-/m1/s1. The van der Waals surface area contributed by atoms with Crippen molar-refractivity contribution < 1.29 is 49.6 Å². The SMILES string of the molecule is COc1cc([C@@H](O)[C@H](CO)Oc2ccc([C@@H](O)[C@H](CO)c3ccc(O)c(OC)c3)cc2OC)ccc1O. The molecule has 0 aromatic heterocycles. The molecule has 0 spiro atoms. The molecule has 10 nitrogen and oxygen atoms in total. The van der Waals surface area contributed by atoms with Gasteiger partial charge in [0.15, 0.2) is 40.6 Å². The molecule has 10 heteroatoms. The summed E-state index contributed by atoms with van der Waals surface area (Å²) in [6.45, 7) is -0.919. The lowest BCUT2D eigenvalue weighted by molar-refractivity contribution is -0.000581. The van der Waals surface area contributed by atoms with Crippen LogP contribution in [0.4, 0.5) is 0 Å². The van der Waals surface area contributed by atoms with Crippen molar-refractivity contribution in [1.29, 1.82) is 0 Å². The van der Waals surface area contributed by atoms with Crippen molar-refractivity contribution in [2.45, 2.75) is 24.2 Å². The van der Waals surface area contributed by atoms with Gasteiger partial charge in [-0.1, -0.05) is 18.2 Å². The molecule has 0 aliphatic heterocycles. The first-order chi connectivity index (χ1) is 17.8. The second kappa shape index (κ2) is 12.5. The topological polar surface area (TPSA) is 158 Å². The van der Waals surface area contributed by atoms with Crippen LogP contribution in [-0.2, 0) is 0 Å². The highest BCUT2D eigenvalue weighted by Gasteiger charge is 2.27. The second-order valence-electron chi connectivity index (χ2n) is 8.29. The number of aromatic hydroxyl groups is 2. The van der Waals surface area contributed by atoms with E-state index < -0.39 is 30.8 Å². The summed E-state index contributed by atoms with van der Waals surface area (Å²) in [5.74, 6) is -0.0881. The van der Waals surface area contributed by atoms with Crippen molar-refractivity contribution in [3.63, 3.8) is 0 Å². The Bertz CT molecular complexity index is 1180. The summed E-state index contributed by atoms with van der Waals surface area (Å²) in [5.41, 5.74) is 1.33. The normalized spacial score (nSPS) is 14.4. The zero-order valence-electron chi connectivity index (χ0n) is 20.7. The number of hydrogen-bond donors (Lipinski definition) is 6. The van der Waals surface area contributed by atoms with Gasteiger partial charge in [-0.3, -0.25) is 0 Å². The fourth-order valence-electron chi connectivity index (χ4n) is 3.97. The van der Waals surface area contributed by atoms with E-state index in [2.05, 4.69) is 0 Å². The number of phenolic OH excluding ortho intramolecular Hbond substituents is 2. The number of rotatable bonds is 12. The van der Waals surface area contributed by atoms with Crippen LogP contribution in [0.5, 0.6) is 34.5 Å². The Balaban J connectivity index is 1.85. The van der Waals surface area contributed by atoms with Gasteiger partial charge in [0, 0.05) is 5.92 Å². The molecule has 0 saturated heterocycles. The van der Waals surface area contributed by atoms with Crippen molar-refractivity contribution in [3.8, 4) is 34.5 Å². The molecule has 4 atom stereocenters. The van der Waals surface area contributed by atoms with Crippen LogP contribution in [0.15, 0.2) is 54.6 Å². The molecule has 0 aliphatic rings. The van der Waals surface area contributed by atoms with E-state index in [4.69, 9.17) is 18.9 Å². The summed E-state index contributed by atoms with van der Waals surface area (Å²) in [6, 6.07) is 13.5. The predicted octanol–water partition coefficient (Wildman–Crippen LogP) is 2.41. The minimum atomic E-state index is -1.27. The number of hydrogen-bond acceptors (Lipinski definition) is 10. The number of aliphatic hydroxyl groups excluding tert-OH is 4. The highest BCUT2D eigenvalue weighted by molar-refractivity contribution is 5.47. The zero-order valence-corrected chi connectivity index (χ0v) is 20.7. The van der Waals surface area contributed by atoms with E-state index in [0.29, 0.717) is 16.7 Å². The minimum Gasteiger partial charge on any atom is -0.504 e. The lowest BCUT2D eigenvalue weighted by Crippen LogP contribution is -2.29. The summed E-state index contributed by atoms with van der Waals surface area (Å²) in [6.07, 6.45) is -3.50. The third-order valence-electron chi connectivity index (χ3n) is 6.09. The number of methoxy groups -OCH3 is 3. The first-order valence-electron chi connectivity index (χ1n) is 11.4. The minimum absolute atomic E-state index is 0.0630. The van der Waals surface area contributed by atoms with Gasteiger partial charge in [-0.25, -0.2) is 0 Å². The van der Waals surface area contributed by atoms with Crippen molar-refractivity contribution in [2.75, 3.05) is 34.5 Å². The lowest BCUT2D eigenvalue weighted by atomic mass is 9.89. The number of phenols is 2. The second-order valence-corrected chi connectivity index (χ2v) is 8.29. The Morgan fingerprint density at radius 3 is 1.62 bits per heavy atom. The summed E-state index contributed by atoms with van der Waals surface area (Å²) in [4.78, 5) is 0. The maximum absolute atomic E-state index is 11.0. The van der Waals surface area contributed by atoms with Gasteiger partial charge in [0.1, 0.15) is 6.10 Å². The molecule has 3 aromatic carbocycles. The molecule has 0 bridgehead atoms. The van der Waals surface area contributed by atoms with Crippen LogP contribution in [0.1, 0.15) is 34.8 Å². The summed E-state index contributed by atoms with van der Waals surface area (Å²) >= 11 is 0. The average molecular weight is 517 g/mol. The highest BCUT2D eigenvalue weighted by atomic mass is 16.5. The van der Waals surface area contributed by atoms with E-state index in [-0.39, 0.29) is 41.1 Å². The molecule has 6 N–H and O–H groups in total. The van der Waals surface area contributed by atoms with Gasteiger partial charge in [-0.15, -0.1) is 0 Å². The van der Waals surface area contributed by atoms with Crippen molar-refractivity contribution in [3.05, 3.63) is 71.3 Å². The summed E-state index contributed by atoms with van der Waals surface area (Å²) < 4.78 is 21.5. The molecule has 0 radical (unpaired) electrons. The van der Waals surface area contributed by atoms with Crippen LogP contribution in [0.25, 0.3) is 0 Å². The van der Waals surface area contributed by atoms with E-state index in [1.807, 2.05) is 0 Å². The highest BCUT2D eigenvalue weighted by Crippen LogP contribution is 2.39. The molecule has 0 unspecified atom stereocenters. The van der Waals surface area contributed by atoms with Crippen LogP contribution in [0, 0.1) is 0 Å². The molecule has 200 valence electrons. The number of ether oxygens (including phenoxy) is 4. The van der Waals surface area contributed by atoms with E-state index in [0.717, 1.165) is 0 Å². The Morgan fingerprint density at radius 2 is 1.08 bits per heavy atom.